The third-order valence-electron chi connectivity index (χ3n) is 2.96. The van der Waals surface area contributed by atoms with E-state index in [0.29, 0.717) is 16.7 Å². The molecule has 0 radical (unpaired) electrons. The smallest absolute Gasteiger partial charge is 0.251 e. The molecular weight excluding hydrogens is 302 g/mol. The number of sulfonamides is 1. The first-order chi connectivity index (χ1) is 10.4. The van der Waals surface area contributed by atoms with Crippen LogP contribution < -0.4 is 10.5 Å². The molecule has 0 aliphatic heterocycles. The Kier molecular flexibility index (Phi) is 4.56. The Morgan fingerprint density at radius 2 is 1.86 bits per heavy atom. The first-order valence-corrected chi connectivity index (χ1v) is 7.85. The van der Waals surface area contributed by atoms with Crippen LogP contribution in [0.1, 0.15) is 21.5 Å². The zero-order chi connectivity index (χ0) is 16.2. The van der Waals surface area contributed by atoms with E-state index in [1.807, 2.05) is 6.07 Å². The van der Waals surface area contributed by atoms with Crippen molar-refractivity contribution in [1.82, 2.24) is 5.32 Å². The molecule has 2 rings (SSSR count). The fraction of sp³-hybridized carbons (Fsp3) is 0.0667. The fourth-order valence-electron chi connectivity index (χ4n) is 1.81. The van der Waals surface area contributed by atoms with Crippen molar-refractivity contribution < 1.29 is 13.2 Å². The van der Waals surface area contributed by atoms with Crippen molar-refractivity contribution in [3.63, 3.8) is 0 Å². The van der Waals surface area contributed by atoms with Crippen LogP contribution in [0.2, 0.25) is 0 Å². The lowest BCUT2D eigenvalue weighted by Crippen LogP contribution is -2.23. The third-order valence-corrected chi connectivity index (χ3v) is 3.87. The molecule has 6 nitrogen and oxygen atoms in total. The van der Waals surface area contributed by atoms with Gasteiger partial charge in [-0.25, -0.2) is 13.6 Å². The molecule has 0 fully saturated rings. The van der Waals surface area contributed by atoms with E-state index in [1.54, 1.807) is 36.4 Å². The van der Waals surface area contributed by atoms with Gasteiger partial charge in [-0.15, -0.1) is 0 Å². The number of hydrogen-bond acceptors (Lipinski definition) is 4. The molecule has 0 spiro atoms. The Labute approximate surface area is 128 Å². The van der Waals surface area contributed by atoms with Gasteiger partial charge >= 0.3 is 0 Å². The number of nitriles is 1. The third kappa shape index (κ3) is 3.91. The zero-order valence-electron chi connectivity index (χ0n) is 11.5. The van der Waals surface area contributed by atoms with E-state index in [1.165, 1.54) is 12.1 Å². The second-order valence-corrected chi connectivity index (χ2v) is 6.13. The van der Waals surface area contributed by atoms with Crippen molar-refractivity contribution in [2.75, 3.05) is 0 Å². The highest BCUT2D eigenvalue weighted by atomic mass is 32.2. The predicted molar refractivity (Wildman–Crippen MR) is 80.1 cm³/mol. The molecule has 2 aromatic rings. The van der Waals surface area contributed by atoms with Crippen LogP contribution in [0.4, 0.5) is 0 Å². The minimum Gasteiger partial charge on any atom is -0.348 e. The molecule has 112 valence electrons. The summed E-state index contributed by atoms with van der Waals surface area (Å²) in [6, 6.07) is 14.2. The molecule has 0 saturated heterocycles. The number of nitrogens with zero attached hydrogens (tertiary/aromatic N) is 1. The number of amides is 1. The molecular formula is C15H13N3O3S. The molecule has 22 heavy (non-hydrogen) atoms. The van der Waals surface area contributed by atoms with Gasteiger partial charge in [0, 0.05) is 12.1 Å². The Balaban J connectivity index is 2.06. The van der Waals surface area contributed by atoms with Gasteiger partial charge in [0.1, 0.15) is 0 Å². The second-order valence-electron chi connectivity index (χ2n) is 4.56. The molecule has 0 saturated carbocycles. The largest absolute Gasteiger partial charge is 0.348 e. The normalized spacial score (nSPS) is 10.7. The number of carbonyl (C=O) groups excluding carboxylic acids is 1. The Hall–Kier alpha value is -2.69. The Morgan fingerprint density at radius 3 is 2.45 bits per heavy atom. The van der Waals surface area contributed by atoms with Crippen molar-refractivity contribution in [3.8, 4) is 6.07 Å². The number of hydrogen-bond donors (Lipinski definition) is 2. The van der Waals surface area contributed by atoms with E-state index in [2.05, 4.69) is 5.32 Å². The monoisotopic (exact) mass is 315 g/mol. The van der Waals surface area contributed by atoms with Crippen molar-refractivity contribution >= 4 is 15.9 Å². The van der Waals surface area contributed by atoms with Crippen LogP contribution in [0, 0.1) is 11.3 Å². The number of rotatable bonds is 4. The van der Waals surface area contributed by atoms with E-state index < -0.39 is 10.0 Å². The molecule has 1 amide bonds. The van der Waals surface area contributed by atoms with Crippen LogP contribution in [-0.4, -0.2) is 14.3 Å². The van der Waals surface area contributed by atoms with Gasteiger partial charge in [-0.05, 0) is 42.0 Å². The lowest BCUT2D eigenvalue weighted by molar-refractivity contribution is 0.0951. The zero-order valence-corrected chi connectivity index (χ0v) is 12.3. The summed E-state index contributed by atoms with van der Waals surface area (Å²) in [6.07, 6.45) is 0. The van der Waals surface area contributed by atoms with Gasteiger partial charge in [0.15, 0.2) is 0 Å². The van der Waals surface area contributed by atoms with Gasteiger partial charge < -0.3 is 5.32 Å². The summed E-state index contributed by atoms with van der Waals surface area (Å²) < 4.78 is 22.5. The summed E-state index contributed by atoms with van der Waals surface area (Å²) in [5.41, 5.74) is 1.51. The highest BCUT2D eigenvalue weighted by Crippen LogP contribution is 2.10. The Morgan fingerprint density at radius 1 is 1.18 bits per heavy atom. The number of primary sulfonamides is 1. The minimum absolute atomic E-state index is 0.00220. The molecule has 7 heteroatoms. The maximum atomic E-state index is 12.0. The highest BCUT2D eigenvalue weighted by Gasteiger charge is 2.09. The summed E-state index contributed by atoms with van der Waals surface area (Å²) >= 11 is 0. The van der Waals surface area contributed by atoms with Crippen LogP contribution in [-0.2, 0) is 16.6 Å². The topological polar surface area (TPSA) is 113 Å². The number of carbonyl (C=O) groups is 1. The number of benzene rings is 2. The van der Waals surface area contributed by atoms with Crippen molar-refractivity contribution in [3.05, 3.63) is 65.2 Å². The first kappa shape index (κ1) is 15.7. The lowest BCUT2D eigenvalue weighted by atomic mass is 10.1. The van der Waals surface area contributed by atoms with Crippen LogP contribution in [0.15, 0.2) is 53.4 Å². The Bertz CT molecular complexity index is 837. The van der Waals surface area contributed by atoms with E-state index in [9.17, 15) is 13.2 Å². The van der Waals surface area contributed by atoms with E-state index in [4.69, 9.17) is 10.4 Å². The SMILES string of the molecule is N#Cc1ccc(C(=O)NCc2cccc(S(N)(=O)=O)c2)cc1. The summed E-state index contributed by atoms with van der Waals surface area (Å²) in [7, 11) is -3.77. The predicted octanol–water partition coefficient (Wildman–Crippen LogP) is 1.14. The summed E-state index contributed by atoms with van der Waals surface area (Å²) in [5.74, 6) is -0.314. The summed E-state index contributed by atoms with van der Waals surface area (Å²) in [6.45, 7) is 0.169. The molecule has 2 aromatic carbocycles. The van der Waals surface area contributed by atoms with Crippen LogP contribution in [0.3, 0.4) is 0 Å². The average Bonchev–Trinajstić information content (AvgIpc) is 2.52. The van der Waals surface area contributed by atoms with Gasteiger partial charge in [-0.3, -0.25) is 4.79 Å². The first-order valence-electron chi connectivity index (χ1n) is 6.30. The van der Waals surface area contributed by atoms with E-state index in [0.717, 1.165) is 0 Å². The fourth-order valence-corrected chi connectivity index (χ4v) is 2.40. The van der Waals surface area contributed by atoms with E-state index >= 15 is 0 Å². The maximum absolute atomic E-state index is 12.0. The van der Waals surface area contributed by atoms with Crippen LogP contribution in [0.5, 0.6) is 0 Å². The molecule has 0 unspecified atom stereocenters. The van der Waals surface area contributed by atoms with Gasteiger partial charge in [0.25, 0.3) is 5.91 Å². The van der Waals surface area contributed by atoms with Crippen molar-refractivity contribution in [1.29, 1.82) is 5.26 Å². The molecule has 3 N–H and O–H groups in total. The lowest BCUT2D eigenvalue weighted by Gasteiger charge is -2.07. The van der Waals surface area contributed by atoms with Gasteiger partial charge in [0.2, 0.25) is 10.0 Å². The van der Waals surface area contributed by atoms with Crippen LogP contribution >= 0.6 is 0 Å². The average molecular weight is 315 g/mol. The number of nitrogens with two attached hydrogens (primary N) is 1. The standard InChI is InChI=1S/C15H13N3O3S/c16-9-11-4-6-13(7-5-11)15(19)18-10-12-2-1-3-14(8-12)22(17,20)21/h1-8H,10H2,(H,18,19)(H2,17,20,21). The molecule has 0 aromatic heterocycles. The second kappa shape index (κ2) is 6.39. The molecule has 0 bridgehead atoms. The summed E-state index contributed by atoms with van der Waals surface area (Å²) in [4.78, 5) is 12.0. The van der Waals surface area contributed by atoms with Gasteiger partial charge in [-0.1, -0.05) is 12.1 Å². The maximum Gasteiger partial charge on any atom is 0.251 e. The van der Waals surface area contributed by atoms with Crippen LogP contribution in [0.25, 0.3) is 0 Å². The highest BCUT2D eigenvalue weighted by molar-refractivity contribution is 7.89. The van der Waals surface area contributed by atoms with Crippen molar-refractivity contribution in [2.24, 2.45) is 5.14 Å². The minimum atomic E-state index is -3.77. The molecule has 0 aliphatic rings. The number of nitrogens with one attached hydrogen (secondary N) is 1. The van der Waals surface area contributed by atoms with Crippen molar-refractivity contribution in [2.45, 2.75) is 11.4 Å². The van der Waals surface area contributed by atoms with Gasteiger partial charge in [-0.2, -0.15) is 5.26 Å². The van der Waals surface area contributed by atoms with E-state index in [-0.39, 0.29) is 17.3 Å². The molecule has 0 heterocycles. The molecule has 0 atom stereocenters. The van der Waals surface area contributed by atoms with Gasteiger partial charge in [0.05, 0.1) is 16.5 Å². The summed E-state index contributed by atoms with van der Waals surface area (Å²) in [5, 5.41) is 16.4. The molecule has 0 aliphatic carbocycles. The quantitative estimate of drug-likeness (QED) is 0.880.